The second kappa shape index (κ2) is 7.41. The molecule has 9 heteroatoms. The Morgan fingerprint density at radius 3 is 2.73 bits per heavy atom. The number of carbonyl (C=O) groups is 1. The number of esters is 1. The number of hydrogen-bond donors (Lipinski definition) is 4. The summed E-state index contributed by atoms with van der Waals surface area (Å²) in [6.45, 7) is 0.557. The molecule has 22 heavy (non-hydrogen) atoms. The number of carbonyl (C=O) groups excluding carboxylic acids is 1. The molecule has 2 aromatic rings. The Bertz CT molecular complexity index is 755. The Kier molecular flexibility index (Phi) is 5.56. The lowest BCUT2D eigenvalue weighted by atomic mass is 10.3. The third kappa shape index (κ3) is 4.31. The molecule has 0 aliphatic rings. The van der Waals surface area contributed by atoms with Crippen LogP contribution in [-0.4, -0.2) is 34.7 Å². The number of benzene rings is 1. The van der Waals surface area contributed by atoms with Gasteiger partial charge in [0.05, 0.1) is 23.8 Å². The summed E-state index contributed by atoms with van der Waals surface area (Å²) in [5, 5.41) is 6.47. The minimum Gasteiger partial charge on any atom is -0.469 e. The third-order valence-electron chi connectivity index (χ3n) is 2.92. The van der Waals surface area contributed by atoms with E-state index >= 15 is 0 Å². The van der Waals surface area contributed by atoms with E-state index in [9.17, 15) is 9.59 Å². The van der Waals surface area contributed by atoms with Crippen LogP contribution in [0.15, 0.2) is 21.4 Å². The van der Waals surface area contributed by atoms with Gasteiger partial charge in [-0.3, -0.25) is 4.79 Å². The molecular weight excluding hydrogens is 372 g/mol. The summed E-state index contributed by atoms with van der Waals surface area (Å²) >= 11 is 8.61. The molecule has 0 aliphatic heterocycles. The van der Waals surface area contributed by atoms with Gasteiger partial charge in [0.25, 0.3) is 0 Å². The number of anilines is 1. The molecule has 2 rings (SSSR count). The fourth-order valence-corrected chi connectivity index (χ4v) is 2.51. The number of thiocarbonyl (C=S) groups is 1. The van der Waals surface area contributed by atoms with Crippen molar-refractivity contribution in [1.82, 2.24) is 15.3 Å². The summed E-state index contributed by atoms with van der Waals surface area (Å²) in [6, 6.07) is 3.56. The van der Waals surface area contributed by atoms with E-state index in [1.807, 2.05) is 0 Å². The predicted molar refractivity (Wildman–Crippen MR) is 92.1 cm³/mol. The molecule has 4 N–H and O–H groups in total. The first-order valence-corrected chi connectivity index (χ1v) is 7.73. The van der Waals surface area contributed by atoms with Crippen molar-refractivity contribution in [3.8, 4) is 0 Å². The van der Waals surface area contributed by atoms with Crippen LogP contribution in [-0.2, 0) is 9.53 Å². The number of halogens is 1. The molecule has 0 fully saturated rings. The number of rotatable bonds is 5. The summed E-state index contributed by atoms with van der Waals surface area (Å²) in [4.78, 5) is 27.6. The topological polar surface area (TPSA) is 99.0 Å². The Labute approximate surface area is 139 Å². The normalized spacial score (nSPS) is 10.5. The molecule has 1 heterocycles. The van der Waals surface area contributed by atoms with Gasteiger partial charge in [0.1, 0.15) is 0 Å². The standard InChI is InChI=1S/C13H15BrN4O3S/c1-21-11(19)3-2-4-15-13(22)18-8-6-10-9(5-7(8)14)16-12(20)17-10/h5-6H,2-4H2,1H3,(H2,15,18,22)(H2,16,17,20). The van der Waals surface area contributed by atoms with Crippen LogP contribution < -0.4 is 16.3 Å². The first-order chi connectivity index (χ1) is 10.5. The molecule has 0 unspecified atom stereocenters. The molecule has 0 bridgehead atoms. The highest BCUT2D eigenvalue weighted by atomic mass is 79.9. The van der Waals surface area contributed by atoms with Crippen LogP contribution in [0.25, 0.3) is 11.0 Å². The van der Waals surface area contributed by atoms with E-state index in [0.29, 0.717) is 35.5 Å². The number of nitrogens with one attached hydrogen (secondary N) is 4. The van der Waals surface area contributed by atoms with Crippen molar-refractivity contribution in [1.29, 1.82) is 0 Å². The second-order valence-electron chi connectivity index (χ2n) is 4.52. The Morgan fingerprint density at radius 1 is 1.36 bits per heavy atom. The lowest BCUT2D eigenvalue weighted by Gasteiger charge is -2.11. The number of ether oxygens (including phenoxy) is 1. The van der Waals surface area contributed by atoms with Gasteiger partial charge in [0.15, 0.2) is 5.11 Å². The molecule has 1 aromatic carbocycles. The van der Waals surface area contributed by atoms with Crippen molar-refractivity contribution < 1.29 is 9.53 Å². The molecule has 1 aromatic heterocycles. The molecule has 0 aliphatic carbocycles. The van der Waals surface area contributed by atoms with Gasteiger partial charge in [-0.05, 0) is 46.7 Å². The van der Waals surface area contributed by atoms with Gasteiger partial charge in [0.2, 0.25) is 0 Å². The molecule has 0 atom stereocenters. The van der Waals surface area contributed by atoms with Crippen LogP contribution in [0.4, 0.5) is 5.69 Å². The fourth-order valence-electron chi connectivity index (χ4n) is 1.85. The molecule has 0 spiro atoms. The molecule has 0 radical (unpaired) electrons. The van der Waals surface area contributed by atoms with Crippen LogP contribution in [0.2, 0.25) is 0 Å². The van der Waals surface area contributed by atoms with E-state index in [4.69, 9.17) is 12.2 Å². The maximum absolute atomic E-state index is 11.3. The van der Waals surface area contributed by atoms with Gasteiger partial charge in [-0.1, -0.05) is 0 Å². The number of imidazole rings is 1. The average Bonchev–Trinajstić information content (AvgIpc) is 2.82. The Balaban J connectivity index is 1.92. The average molecular weight is 387 g/mol. The van der Waals surface area contributed by atoms with Crippen LogP contribution in [0.1, 0.15) is 12.8 Å². The van der Waals surface area contributed by atoms with Gasteiger partial charge >= 0.3 is 11.7 Å². The van der Waals surface area contributed by atoms with Crippen LogP contribution in [0, 0.1) is 0 Å². The lowest BCUT2D eigenvalue weighted by Crippen LogP contribution is -2.29. The van der Waals surface area contributed by atoms with E-state index in [1.165, 1.54) is 7.11 Å². The minimum atomic E-state index is -0.262. The summed E-state index contributed by atoms with van der Waals surface area (Å²) in [7, 11) is 1.36. The Hall–Kier alpha value is -1.87. The number of fused-ring (bicyclic) bond motifs is 1. The zero-order valence-electron chi connectivity index (χ0n) is 11.8. The molecular formula is C13H15BrN4O3S. The molecule has 0 saturated carbocycles. The third-order valence-corrected chi connectivity index (χ3v) is 3.83. The largest absolute Gasteiger partial charge is 0.469 e. The number of hydrogen-bond acceptors (Lipinski definition) is 4. The maximum Gasteiger partial charge on any atom is 0.323 e. The van der Waals surface area contributed by atoms with Crippen molar-refractivity contribution >= 4 is 56.0 Å². The van der Waals surface area contributed by atoms with Crippen LogP contribution in [0.5, 0.6) is 0 Å². The van der Waals surface area contributed by atoms with Crippen LogP contribution in [0.3, 0.4) is 0 Å². The fraction of sp³-hybridized carbons (Fsp3) is 0.308. The SMILES string of the molecule is COC(=O)CCCNC(=S)Nc1cc2[nH]c(=O)[nH]c2cc1Br. The van der Waals surface area contributed by atoms with E-state index in [1.54, 1.807) is 12.1 Å². The molecule has 118 valence electrons. The highest BCUT2D eigenvalue weighted by molar-refractivity contribution is 9.10. The van der Waals surface area contributed by atoms with Gasteiger partial charge in [-0.15, -0.1) is 0 Å². The van der Waals surface area contributed by atoms with Crippen molar-refractivity contribution in [2.75, 3.05) is 19.0 Å². The molecule has 0 amide bonds. The summed E-state index contributed by atoms with van der Waals surface area (Å²) in [6.07, 6.45) is 0.964. The number of methoxy groups -OCH3 is 1. The van der Waals surface area contributed by atoms with Crippen molar-refractivity contribution in [3.63, 3.8) is 0 Å². The number of aromatic nitrogens is 2. The first kappa shape index (κ1) is 16.5. The minimum absolute atomic E-state index is 0.245. The predicted octanol–water partition coefficient (Wildman–Crippen LogP) is 1.86. The smallest absolute Gasteiger partial charge is 0.323 e. The number of aromatic amines is 2. The number of H-pyrrole nitrogens is 2. The second-order valence-corrected chi connectivity index (χ2v) is 5.78. The highest BCUT2D eigenvalue weighted by Gasteiger charge is 2.07. The summed E-state index contributed by atoms with van der Waals surface area (Å²) in [5.41, 5.74) is 1.86. The quantitative estimate of drug-likeness (QED) is 0.355. The molecule has 0 saturated heterocycles. The lowest BCUT2D eigenvalue weighted by molar-refractivity contribution is -0.140. The highest BCUT2D eigenvalue weighted by Crippen LogP contribution is 2.26. The molecule has 7 nitrogen and oxygen atoms in total. The first-order valence-electron chi connectivity index (χ1n) is 6.53. The van der Waals surface area contributed by atoms with E-state index in [0.717, 1.165) is 10.2 Å². The zero-order chi connectivity index (χ0) is 16.1. The van der Waals surface area contributed by atoms with Crippen molar-refractivity contribution in [3.05, 3.63) is 27.1 Å². The zero-order valence-corrected chi connectivity index (χ0v) is 14.2. The maximum atomic E-state index is 11.3. The monoisotopic (exact) mass is 386 g/mol. The van der Waals surface area contributed by atoms with Gasteiger partial charge in [0, 0.05) is 17.4 Å². The van der Waals surface area contributed by atoms with E-state index in [2.05, 4.69) is 41.3 Å². The van der Waals surface area contributed by atoms with Gasteiger partial charge < -0.3 is 25.3 Å². The van der Waals surface area contributed by atoms with E-state index < -0.39 is 0 Å². The summed E-state index contributed by atoms with van der Waals surface area (Å²) < 4.78 is 5.33. The van der Waals surface area contributed by atoms with Crippen molar-refractivity contribution in [2.45, 2.75) is 12.8 Å². The Morgan fingerprint density at radius 2 is 2.05 bits per heavy atom. The van der Waals surface area contributed by atoms with Gasteiger partial charge in [-0.25, -0.2) is 4.79 Å². The van der Waals surface area contributed by atoms with Crippen molar-refractivity contribution in [2.24, 2.45) is 0 Å². The van der Waals surface area contributed by atoms with E-state index in [-0.39, 0.29) is 11.7 Å². The van der Waals surface area contributed by atoms with Gasteiger partial charge in [-0.2, -0.15) is 0 Å². The summed E-state index contributed by atoms with van der Waals surface area (Å²) in [5.74, 6) is -0.245. The van der Waals surface area contributed by atoms with Crippen LogP contribution >= 0.6 is 28.1 Å².